The molecule has 1 N–H and O–H groups in total. The number of ketones is 2. The minimum atomic E-state index is -0.361. The van der Waals surface area contributed by atoms with Gasteiger partial charge in [-0.3, -0.25) is 9.59 Å². The molecule has 26 heavy (non-hydrogen) atoms. The number of ether oxygens (including phenoxy) is 1. The number of carbonyl (C=O) groups excluding carboxylic acids is 2. The molecule has 1 unspecified atom stereocenters. The lowest BCUT2D eigenvalue weighted by Crippen LogP contribution is -2.23. The summed E-state index contributed by atoms with van der Waals surface area (Å²) in [5, 5.41) is 10.6. The minimum absolute atomic E-state index is 0.0337. The van der Waals surface area contributed by atoms with Crippen LogP contribution in [0.2, 0.25) is 0 Å². The Morgan fingerprint density at radius 1 is 1.15 bits per heavy atom. The van der Waals surface area contributed by atoms with Crippen molar-refractivity contribution in [2.75, 3.05) is 0 Å². The second-order valence-electron chi connectivity index (χ2n) is 6.54. The lowest BCUT2D eigenvalue weighted by Gasteiger charge is -2.24. The minimum Gasteiger partial charge on any atom is -0.511 e. The van der Waals surface area contributed by atoms with Gasteiger partial charge in [0.15, 0.2) is 11.6 Å². The summed E-state index contributed by atoms with van der Waals surface area (Å²) in [6, 6.07) is 15.2. The number of aliphatic hydroxyl groups excluding tert-OH is 1. The van der Waals surface area contributed by atoms with Crippen molar-refractivity contribution in [2.24, 2.45) is 0 Å². The highest BCUT2D eigenvalue weighted by Gasteiger charge is 2.32. The zero-order valence-corrected chi connectivity index (χ0v) is 15.0. The first-order valence-electron chi connectivity index (χ1n) is 8.83. The Bertz CT molecular complexity index is 862. The van der Waals surface area contributed by atoms with Crippen molar-refractivity contribution >= 4 is 11.6 Å². The highest BCUT2D eigenvalue weighted by atomic mass is 16.5. The maximum atomic E-state index is 12.1. The Morgan fingerprint density at radius 3 is 2.58 bits per heavy atom. The fourth-order valence-electron chi connectivity index (χ4n) is 3.19. The maximum Gasteiger partial charge on any atom is 0.169 e. The molecule has 2 aromatic rings. The van der Waals surface area contributed by atoms with Crippen molar-refractivity contribution in [3.8, 4) is 11.5 Å². The molecule has 4 nitrogen and oxygen atoms in total. The first kappa shape index (κ1) is 17.9. The van der Waals surface area contributed by atoms with Crippen LogP contribution in [0.3, 0.4) is 0 Å². The first-order valence-corrected chi connectivity index (χ1v) is 8.83. The molecule has 3 rings (SSSR count). The van der Waals surface area contributed by atoms with Gasteiger partial charge < -0.3 is 9.84 Å². The molecule has 4 heteroatoms. The third kappa shape index (κ3) is 3.69. The van der Waals surface area contributed by atoms with Crippen LogP contribution in [0.15, 0.2) is 59.9 Å². The largest absolute Gasteiger partial charge is 0.511 e. The molecule has 1 aliphatic rings. The quantitative estimate of drug-likeness (QED) is 0.769. The molecule has 2 aromatic carbocycles. The van der Waals surface area contributed by atoms with Gasteiger partial charge in [0.25, 0.3) is 0 Å². The van der Waals surface area contributed by atoms with Gasteiger partial charge in [0, 0.05) is 18.8 Å². The molecule has 134 valence electrons. The number of allylic oxidation sites excluding steroid dienone is 2. The van der Waals surface area contributed by atoms with E-state index < -0.39 is 0 Å². The van der Waals surface area contributed by atoms with E-state index in [1.165, 1.54) is 0 Å². The van der Waals surface area contributed by atoms with Crippen LogP contribution in [-0.4, -0.2) is 16.7 Å². The molecule has 0 radical (unpaired) electrons. The van der Waals surface area contributed by atoms with Crippen LogP contribution in [0, 0.1) is 6.92 Å². The summed E-state index contributed by atoms with van der Waals surface area (Å²) in [6.45, 7) is 3.70. The summed E-state index contributed by atoms with van der Waals surface area (Å²) in [5.74, 6) is 0.342. The monoisotopic (exact) mass is 350 g/mol. The number of hydrogen-bond donors (Lipinski definition) is 1. The molecule has 0 amide bonds. The van der Waals surface area contributed by atoms with E-state index in [1.54, 1.807) is 6.92 Å². The fraction of sp³-hybridized carbons (Fsp3) is 0.273. The van der Waals surface area contributed by atoms with Crippen molar-refractivity contribution in [3.63, 3.8) is 0 Å². The highest BCUT2D eigenvalue weighted by molar-refractivity contribution is 6.21. The third-order valence-corrected chi connectivity index (χ3v) is 4.64. The van der Waals surface area contributed by atoms with E-state index in [1.807, 2.05) is 55.5 Å². The number of hydrogen-bond acceptors (Lipinski definition) is 4. The Hall–Kier alpha value is -2.88. The van der Waals surface area contributed by atoms with Gasteiger partial charge in [-0.1, -0.05) is 36.8 Å². The topological polar surface area (TPSA) is 63.6 Å². The van der Waals surface area contributed by atoms with E-state index in [0.717, 1.165) is 16.9 Å². The first-order chi connectivity index (χ1) is 12.5. The van der Waals surface area contributed by atoms with Crippen molar-refractivity contribution in [1.29, 1.82) is 0 Å². The maximum absolute atomic E-state index is 12.1. The van der Waals surface area contributed by atoms with Crippen LogP contribution >= 0.6 is 0 Å². The normalized spacial score (nSPS) is 17.3. The number of aryl methyl sites for hydroxylation is 1. The van der Waals surface area contributed by atoms with Crippen LogP contribution in [-0.2, 0) is 9.59 Å². The summed E-state index contributed by atoms with van der Waals surface area (Å²) in [5.41, 5.74) is 1.95. The molecule has 0 heterocycles. The molecule has 0 fully saturated rings. The summed E-state index contributed by atoms with van der Waals surface area (Å²) >= 11 is 0. The number of carbonyl (C=O) groups is 2. The van der Waals surface area contributed by atoms with Crippen LogP contribution in [0.1, 0.15) is 43.2 Å². The van der Waals surface area contributed by atoms with E-state index in [0.29, 0.717) is 12.2 Å². The second kappa shape index (κ2) is 7.56. The smallest absolute Gasteiger partial charge is 0.169 e. The fourth-order valence-corrected chi connectivity index (χ4v) is 3.19. The van der Waals surface area contributed by atoms with Crippen molar-refractivity contribution in [2.45, 2.75) is 39.0 Å². The molecule has 0 saturated heterocycles. The number of aliphatic hydroxyl groups is 1. The molecule has 1 atom stereocenters. The van der Waals surface area contributed by atoms with E-state index in [-0.39, 0.29) is 41.7 Å². The molecule has 0 saturated carbocycles. The number of rotatable bonds is 5. The van der Waals surface area contributed by atoms with Crippen LogP contribution in [0.25, 0.3) is 0 Å². The lowest BCUT2D eigenvalue weighted by atomic mass is 9.81. The zero-order chi connectivity index (χ0) is 18.7. The van der Waals surface area contributed by atoms with E-state index >= 15 is 0 Å². The molecule has 0 aromatic heterocycles. The van der Waals surface area contributed by atoms with Gasteiger partial charge in [-0.25, -0.2) is 0 Å². The van der Waals surface area contributed by atoms with E-state index in [9.17, 15) is 14.7 Å². The molecular weight excluding hydrogens is 328 g/mol. The third-order valence-electron chi connectivity index (χ3n) is 4.64. The van der Waals surface area contributed by atoms with Gasteiger partial charge in [-0.15, -0.1) is 0 Å². The zero-order valence-electron chi connectivity index (χ0n) is 15.0. The van der Waals surface area contributed by atoms with Gasteiger partial charge in [0.1, 0.15) is 17.3 Å². The average Bonchev–Trinajstić information content (AvgIpc) is 2.64. The van der Waals surface area contributed by atoms with Crippen LogP contribution < -0.4 is 4.74 Å². The van der Waals surface area contributed by atoms with E-state index in [2.05, 4.69) is 0 Å². The Balaban J connectivity index is 1.89. The Morgan fingerprint density at radius 2 is 1.88 bits per heavy atom. The lowest BCUT2D eigenvalue weighted by molar-refractivity contribution is -0.122. The molecule has 1 aliphatic carbocycles. The SMILES string of the molecule is CCC(=O)C1=C(O)C(c2cccc(Oc3ccc(C)cc3)c2)CCC1=O. The van der Waals surface area contributed by atoms with Crippen molar-refractivity contribution in [1.82, 2.24) is 0 Å². The summed E-state index contributed by atoms with van der Waals surface area (Å²) in [4.78, 5) is 24.1. The predicted molar refractivity (Wildman–Crippen MR) is 99.6 cm³/mol. The standard InChI is InChI=1S/C22H22O4/c1-3-19(23)21-20(24)12-11-18(22(21)25)15-5-4-6-17(13-15)26-16-9-7-14(2)8-10-16/h4-10,13,18,25H,3,11-12H2,1-2H3. The highest BCUT2D eigenvalue weighted by Crippen LogP contribution is 2.37. The van der Waals surface area contributed by atoms with E-state index in [4.69, 9.17) is 4.74 Å². The van der Waals surface area contributed by atoms with Crippen LogP contribution in [0.5, 0.6) is 11.5 Å². The van der Waals surface area contributed by atoms with Gasteiger partial charge in [-0.2, -0.15) is 0 Å². The molecule has 0 bridgehead atoms. The summed E-state index contributed by atoms with van der Waals surface area (Å²) in [6.07, 6.45) is 0.951. The Kier molecular flexibility index (Phi) is 5.21. The average molecular weight is 350 g/mol. The summed E-state index contributed by atoms with van der Waals surface area (Å²) in [7, 11) is 0. The predicted octanol–water partition coefficient (Wildman–Crippen LogP) is 5.03. The second-order valence-corrected chi connectivity index (χ2v) is 6.54. The van der Waals surface area contributed by atoms with Gasteiger partial charge in [0.2, 0.25) is 0 Å². The van der Waals surface area contributed by atoms with Crippen LogP contribution in [0.4, 0.5) is 0 Å². The number of benzene rings is 2. The van der Waals surface area contributed by atoms with Crippen molar-refractivity contribution in [3.05, 3.63) is 71.0 Å². The van der Waals surface area contributed by atoms with Crippen molar-refractivity contribution < 1.29 is 19.4 Å². The number of Topliss-reactive ketones (excluding diaryl/α,β-unsaturated/α-hetero) is 2. The molecule has 0 spiro atoms. The Labute approximate surface area is 153 Å². The van der Waals surface area contributed by atoms with Gasteiger partial charge in [-0.05, 0) is 43.2 Å². The molecular formula is C22H22O4. The van der Waals surface area contributed by atoms with Gasteiger partial charge >= 0.3 is 0 Å². The summed E-state index contributed by atoms with van der Waals surface area (Å²) < 4.78 is 5.89. The molecule has 0 aliphatic heterocycles. The van der Waals surface area contributed by atoms with Gasteiger partial charge in [0.05, 0.1) is 5.57 Å².